The molecule has 0 saturated carbocycles. The summed E-state index contributed by atoms with van der Waals surface area (Å²) in [6.07, 6.45) is -2.62. The van der Waals surface area contributed by atoms with Gasteiger partial charge in [-0.15, -0.1) is 11.3 Å². The van der Waals surface area contributed by atoms with Gasteiger partial charge in [0.15, 0.2) is 0 Å². The van der Waals surface area contributed by atoms with Crippen LogP contribution in [0.4, 0.5) is 8.78 Å². The van der Waals surface area contributed by atoms with E-state index in [-0.39, 0.29) is 6.42 Å². The molecule has 0 aliphatic carbocycles. The zero-order valence-corrected chi connectivity index (χ0v) is 8.54. The molecular formula is C7H8BrF2NS. The lowest BCUT2D eigenvalue weighted by molar-refractivity contribution is 0.129. The third-order valence-electron chi connectivity index (χ3n) is 1.41. The zero-order chi connectivity index (χ0) is 9.14. The lowest BCUT2D eigenvalue weighted by Gasteiger charge is -2.08. The molecule has 0 aromatic carbocycles. The molecule has 5 heteroatoms. The molecule has 2 N–H and O–H groups in total. The molecule has 0 saturated heterocycles. The summed E-state index contributed by atoms with van der Waals surface area (Å²) in [5.41, 5.74) is 5.54. The molecule has 0 fully saturated rings. The Morgan fingerprint density at radius 1 is 1.58 bits per heavy atom. The molecule has 0 spiro atoms. The number of hydrogen-bond donors (Lipinski definition) is 1. The first kappa shape index (κ1) is 10.1. The zero-order valence-electron chi connectivity index (χ0n) is 6.14. The second-order valence-corrected chi connectivity index (χ2v) is 4.17. The van der Waals surface area contributed by atoms with E-state index in [1.165, 1.54) is 11.3 Å². The highest BCUT2D eigenvalue weighted by Crippen LogP contribution is 2.30. The van der Waals surface area contributed by atoms with Gasteiger partial charge >= 0.3 is 0 Å². The van der Waals surface area contributed by atoms with Crippen LogP contribution in [0.5, 0.6) is 0 Å². The highest BCUT2D eigenvalue weighted by Gasteiger charge is 2.15. The molecule has 12 heavy (non-hydrogen) atoms. The van der Waals surface area contributed by atoms with Crippen LogP contribution in [0.3, 0.4) is 0 Å². The molecule has 1 heterocycles. The summed E-state index contributed by atoms with van der Waals surface area (Å²) >= 11 is 4.64. The summed E-state index contributed by atoms with van der Waals surface area (Å²) < 4.78 is 24.7. The summed E-state index contributed by atoms with van der Waals surface area (Å²) in [6, 6.07) is 1.25. The second kappa shape index (κ2) is 4.30. The van der Waals surface area contributed by atoms with Crippen molar-refractivity contribution in [2.45, 2.75) is 18.9 Å². The lowest BCUT2D eigenvalue weighted by Crippen LogP contribution is -2.12. The minimum absolute atomic E-state index is 0.279. The molecule has 0 aliphatic heterocycles. The average molecular weight is 256 g/mol. The molecule has 1 rings (SSSR count). The fraction of sp³-hybridized carbons (Fsp3) is 0.429. The molecule has 1 aromatic rings. The van der Waals surface area contributed by atoms with Gasteiger partial charge in [-0.1, -0.05) is 0 Å². The van der Waals surface area contributed by atoms with Crippen molar-refractivity contribution in [3.05, 3.63) is 20.8 Å². The summed E-state index contributed by atoms with van der Waals surface area (Å²) in [7, 11) is 0. The van der Waals surface area contributed by atoms with Gasteiger partial charge in [0.2, 0.25) is 6.43 Å². The number of alkyl halides is 2. The van der Waals surface area contributed by atoms with E-state index in [2.05, 4.69) is 15.9 Å². The third kappa shape index (κ3) is 2.50. The van der Waals surface area contributed by atoms with Crippen LogP contribution in [-0.2, 0) is 0 Å². The Kier molecular flexibility index (Phi) is 3.61. The van der Waals surface area contributed by atoms with Gasteiger partial charge in [-0.2, -0.15) is 0 Å². The number of thiophene rings is 1. The Morgan fingerprint density at radius 2 is 2.25 bits per heavy atom. The van der Waals surface area contributed by atoms with Gasteiger partial charge in [0.1, 0.15) is 0 Å². The van der Waals surface area contributed by atoms with Crippen molar-refractivity contribution < 1.29 is 8.78 Å². The Hall–Kier alpha value is -0.000000000000000111. The van der Waals surface area contributed by atoms with Crippen LogP contribution >= 0.6 is 27.3 Å². The van der Waals surface area contributed by atoms with Gasteiger partial charge in [-0.05, 0) is 27.4 Å². The van der Waals surface area contributed by atoms with Crippen molar-refractivity contribution in [1.29, 1.82) is 0 Å². The van der Waals surface area contributed by atoms with E-state index < -0.39 is 12.5 Å². The highest BCUT2D eigenvalue weighted by atomic mass is 79.9. The lowest BCUT2D eigenvalue weighted by atomic mass is 10.2. The van der Waals surface area contributed by atoms with Crippen molar-refractivity contribution in [3.8, 4) is 0 Å². The predicted octanol–water partition coefficient (Wildman–Crippen LogP) is 3.17. The standard InChI is InChI=1S/C7H8BrF2NS/c8-4-1-2-12-7(4)5(11)3-6(9)10/h1-2,5-6H,3,11H2/t5-/m1/s1. The van der Waals surface area contributed by atoms with Crippen LogP contribution in [0.1, 0.15) is 17.3 Å². The number of nitrogens with two attached hydrogens (primary N) is 1. The second-order valence-electron chi connectivity index (χ2n) is 2.37. The van der Waals surface area contributed by atoms with Crippen molar-refractivity contribution in [3.63, 3.8) is 0 Å². The van der Waals surface area contributed by atoms with Crippen LogP contribution in [-0.4, -0.2) is 6.43 Å². The van der Waals surface area contributed by atoms with Crippen molar-refractivity contribution in [2.75, 3.05) is 0 Å². The van der Waals surface area contributed by atoms with Gasteiger partial charge in [-0.3, -0.25) is 0 Å². The Balaban J connectivity index is 2.65. The topological polar surface area (TPSA) is 26.0 Å². The molecule has 1 nitrogen and oxygen atoms in total. The van der Waals surface area contributed by atoms with E-state index in [9.17, 15) is 8.78 Å². The fourth-order valence-electron chi connectivity index (χ4n) is 0.869. The summed E-state index contributed by atoms with van der Waals surface area (Å²) in [4.78, 5) is 0.787. The maximum Gasteiger partial charge on any atom is 0.240 e. The monoisotopic (exact) mass is 255 g/mol. The maximum atomic E-state index is 11.9. The average Bonchev–Trinajstić information content (AvgIpc) is 2.33. The van der Waals surface area contributed by atoms with Crippen molar-refractivity contribution in [2.24, 2.45) is 5.73 Å². The van der Waals surface area contributed by atoms with Gasteiger partial charge in [0.05, 0.1) is 0 Å². The molecule has 0 bridgehead atoms. The largest absolute Gasteiger partial charge is 0.323 e. The molecule has 0 radical (unpaired) electrons. The maximum absolute atomic E-state index is 11.9. The summed E-state index contributed by atoms with van der Waals surface area (Å²) in [5, 5.41) is 1.82. The highest BCUT2D eigenvalue weighted by molar-refractivity contribution is 9.10. The first-order valence-electron chi connectivity index (χ1n) is 3.38. The van der Waals surface area contributed by atoms with Crippen LogP contribution in [0, 0.1) is 0 Å². The fourth-order valence-corrected chi connectivity index (χ4v) is 2.55. The predicted molar refractivity (Wildman–Crippen MR) is 49.6 cm³/mol. The molecular weight excluding hydrogens is 248 g/mol. The van der Waals surface area contributed by atoms with E-state index in [0.29, 0.717) is 0 Å². The molecule has 1 aromatic heterocycles. The molecule has 0 aliphatic rings. The number of halogens is 3. The van der Waals surface area contributed by atoms with E-state index in [1.54, 1.807) is 0 Å². The molecule has 0 unspecified atom stereocenters. The number of hydrogen-bond acceptors (Lipinski definition) is 2. The number of rotatable bonds is 3. The van der Waals surface area contributed by atoms with Crippen LogP contribution in [0.2, 0.25) is 0 Å². The quantitative estimate of drug-likeness (QED) is 0.883. The van der Waals surface area contributed by atoms with Crippen LogP contribution < -0.4 is 5.73 Å². The smallest absolute Gasteiger partial charge is 0.240 e. The molecule has 0 amide bonds. The minimum Gasteiger partial charge on any atom is -0.323 e. The Morgan fingerprint density at radius 3 is 2.67 bits per heavy atom. The summed E-state index contributed by atoms with van der Waals surface area (Å²) in [6.45, 7) is 0. The minimum atomic E-state index is -2.34. The first-order chi connectivity index (χ1) is 5.61. The summed E-state index contributed by atoms with van der Waals surface area (Å²) in [5.74, 6) is 0. The third-order valence-corrected chi connectivity index (χ3v) is 3.42. The van der Waals surface area contributed by atoms with Gasteiger partial charge in [0.25, 0.3) is 0 Å². The van der Waals surface area contributed by atoms with Gasteiger partial charge < -0.3 is 5.73 Å². The SMILES string of the molecule is N[C@H](CC(F)F)c1sccc1Br. The van der Waals surface area contributed by atoms with Crippen molar-refractivity contribution in [1.82, 2.24) is 0 Å². The Bertz CT molecular complexity index is 251. The van der Waals surface area contributed by atoms with E-state index in [1.807, 2.05) is 11.4 Å². The Labute approximate surface area is 81.7 Å². The van der Waals surface area contributed by atoms with Crippen molar-refractivity contribution >= 4 is 27.3 Å². The first-order valence-corrected chi connectivity index (χ1v) is 5.05. The normalized spacial score (nSPS) is 13.8. The van der Waals surface area contributed by atoms with Crippen LogP contribution in [0.15, 0.2) is 15.9 Å². The van der Waals surface area contributed by atoms with Gasteiger partial charge in [-0.25, -0.2) is 8.78 Å². The van der Waals surface area contributed by atoms with E-state index in [4.69, 9.17) is 5.73 Å². The molecule has 68 valence electrons. The van der Waals surface area contributed by atoms with E-state index in [0.717, 1.165) is 9.35 Å². The van der Waals surface area contributed by atoms with Crippen LogP contribution in [0.25, 0.3) is 0 Å². The van der Waals surface area contributed by atoms with E-state index >= 15 is 0 Å². The van der Waals surface area contributed by atoms with Gasteiger partial charge in [0, 0.05) is 21.8 Å². The molecule has 1 atom stereocenters.